The summed E-state index contributed by atoms with van der Waals surface area (Å²) in [5, 5.41) is 3.34. The Morgan fingerprint density at radius 2 is 2.20 bits per heavy atom. The van der Waals surface area contributed by atoms with Gasteiger partial charge >= 0.3 is 5.97 Å². The van der Waals surface area contributed by atoms with E-state index in [1.807, 2.05) is 19.9 Å². The second-order valence-corrected chi connectivity index (χ2v) is 5.47. The molecule has 1 saturated carbocycles. The van der Waals surface area contributed by atoms with E-state index in [0.717, 1.165) is 36.9 Å². The standard InChI is InChI=1S/C16H22FNO2/c1-3-20-16(19)12-5-4-6-14(9-12)18-15-8-11(2)7-13(17)10-15/h7-8,10,12,14,18H,3-6,9H2,1-2H3. The van der Waals surface area contributed by atoms with Gasteiger partial charge in [-0.3, -0.25) is 4.79 Å². The van der Waals surface area contributed by atoms with Crippen molar-refractivity contribution in [1.29, 1.82) is 0 Å². The first-order valence-electron chi connectivity index (χ1n) is 7.29. The van der Waals surface area contributed by atoms with Gasteiger partial charge in [-0.05, 0) is 56.9 Å². The molecule has 1 N–H and O–H groups in total. The highest BCUT2D eigenvalue weighted by atomic mass is 19.1. The molecule has 0 spiro atoms. The van der Waals surface area contributed by atoms with Gasteiger partial charge in [0.1, 0.15) is 5.82 Å². The zero-order chi connectivity index (χ0) is 14.5. The van der Waals surface area contributed by atoms with Crippen LogP contribution in [0.2, 0.25) is 0 Å². The summed E-state index contributed by atoms with van der Waals surface area (Å²) in [6, 6.07) is 5.14. The van der Waals surface area contributed by atoms with Gasteiger partial charge in [-0.1, -0.05) is 6.42 Å². The molecule has 1 aromatic rings. The lowest BCUT2D eigenvalue weighted by molar-refractivity contribution is -0.149. The summed E-state index contributed by atoms with van der Waals surface area (Å²) in [5.74, 6) is -0.365. The summed E-state index contributed by atoms with van der Waals surface area (Å²) >= 11 is 0. The maximum Gasteiger partial charge on any atom is 0.308 e. The molecule has 0 aliphatic heterocycles. The van der Waals surface area contributed by atoms with Crippen LogP contribution in [0.1, 0.15) is 38.2 Å². The van der Waals surface area contributed by atoms with Gasteiger partial charge in [-0.25, -0.2) is 4.39 Å². The molecule has 4 heteroatoms. The lowest BCUT2D eigenvalue weighted by atomic mass is 9.85. The van der Waals surface area contributed by atoms with Crippen molar-refractivity contribution >= 4 is 11.7 Å². The Morgan fingerprint density at radius 1 is 1.40 bits per heavy atom. The van der Waals surface area contributed by atoms with Crippen molar-refractivity contribution in [3.05, 3.63) is 29.6 Å². The third-order valence-electron chi connectivity index (χ3n) is 3.71. The fourth-order valence-electron chi connectivity index (χ4n) is 2.85. The number of carbonyl (C=O) groups is 1. The average Bonchev–Trinajstić information content (AvgIpc) is 2.38. The smallest absolute Gasteiger partial charge is 0.308 e. The third kappa shape index (κ3) is 3.95. The molecule has 20 heavy (non-hydrogen) atoms. The Morgan fingerprint density at radius 3 is 2.90 bits per heavy atom. The van der Waals surface area contributed by atoms with E-state index in [1.165, 1.54) is 12.1 Å². The average molecular weight is 279 g/mol. The molecule has 110 valence electrons. The Labute approximate surface area is 119 Å². The number of anilines is 1. The van der Waals surface area contributed by atoms with Gasteiger partial charge < -0.3 is 10.1 Å². The molecule has 0 saturated heterocycles. The highest BCUT2D eigenvalue weighted by Crippen LogP contribution is 2.28. The fourth-order valence-corrected chi connectivity index (χ4v) is 2.85. The van der Waals surface area contributed by atoms with Gasteiger partial charge in [0.05, 0.1) is 12.5 Å². The number of benzene rings is 1. The highest BCUT2D eigenvalue weighted by molar-refractivity contribution is 5.72. The molecule has 0 heterocycles. The Balaban J connectivity index is 1.97. The lowest BCUT2D eigenvalue weighted by Crippen LogP contribution is -2.32. The summed E-state index contributed by atoms with van der Waals surface area (Å²) in [4.78, 5) is 11.8. The van der Waals surface area contributed by atoms with E-state index in [-0.39, 0.29) is 23.7 Å². The van der Waals surface area contributed by atoms with Crippen LogP contribution in [0.3, 0.4) is 0 Å². The Kier molecular flexibility index (Phi) is 4.99. The van der Waals surface area contributed by atoms with Gasteiger partial charge in [0.2, 0.25) is 0 Å². The van der Waals surface area contributed by atoms with E-state index >= 15 is 0 Å². The van der Waals surface area contributed by atoms with E-state index in [0.29, 0.717) is 6.61 Å². The van der Waals surface area contributed by atoms with Gasteiger partial charge in [-0.2, -0.15) is 0 Å². The van der Waals surface area contributed by atoms with Gasteiger partial charge in [0, 0.05) is 11.7 Å². The van der Waals surface area contributed by atoms with E-state index in [4.69, 9.17) is 4.74 Å². The van der Waals surface area contributed by atoms with E-state index < -0.39 is 0 Å². The quantitative estimate of drug-likeness (QED) is 0.855. The molecule has 0 radical (unpaired) electrons. The first kappa shape index (κ1) is 14.8. The van der Waals surface area contributed by atoms with Crippen molar-refractivity contribution in [1.82, 2.24) is 0 Å². The molecule has 2 atom stereocenters. The Bertz CT molecular complexity index is 455. The molecule has 1 aromatic carbocycles. The largest absolute Gasteiger partial charge is 0.466 e. The zero-order valence-corrected chi connectivity index (χ0v) is 12.1. The molecular weight excluding hydrogens is 257 g/mol. The molecular formula is C16H22FNO2. The number of esters is 1. The first-order chi connectivity index (χ1) is 9.58. The maximum absolute atomic E-state index is 13.4. The summed E-state index contributed by atoms with van der Waals surface area (Å²) in [7, 11) is 0. The van der Waals surface area contributed by atoms with Crippen molar-refractivity contribution in [3.8, 4) is 0 Å². The first-order valence-corrected chi connectivity index (χ1v) is 7.29. The molecule has 0 bridgehead atoms. The number of nitrogens with one attached hydrogen (secondary N) is 1. The van der Waals surface area contributed by atoms with Crippen LogP contribution in [0, 0.1) is 18.7 Å². The van der Waals surface area contributed by atoms with E-state index in [2.05, 4.69) is 5.32 Å². The van der Waals surface area contributed by atoms with Crippen molar-refractivity contribution < 1.29 is 13.9 Å². The normalized spacial score (nSPS) is 22.4. The molecule has 0 amide bonds. The van der Waals surface area contributed by atoms with Crippen LogP contribution in [0.5, 0.6) is 0 Å². The number of ether oxygens (including phenoxy) is 1. The van der Waals surface area contributed by atoms with Gasteiger partial charge in [0.15, 0.2) is 0 Å². The summed E-state index contributed by atoms with van der Waals surface area (Å²) in [6.45, 7) is 4.12. The van der Waals surface area contributed by atoms with Crippen molar-refractivity contribution in [3.63, 3.8) is 0 Å². The van der Waals surface area contributed by atoms with Crippen molar-refractivity contribution in [2.24, 2.45) is 5.92 Å². The minimum atomic E-state index is -0.231. The summed E-state index contributed by atoms with van der Waals surface area (Å²) in [5.41, 5.74) is 1.68. The lowest BCUT2D eigenvalue weighted by Gasteiger charge is -2.29. The second kappa shape index (κ2) is 6.73. The topological polar surface area (TPSA) is 38.3 Å². The zero-order valence-electron chi connectivity index (χ0n) is 12.1. The third-order valence-corrected chi connectivity index (χ3v) is 3.71. The monoisotopic (exact) mass is 279 g/mol. The van der Waals surface area contributed by atoms with Gasteiger partial charge in [-0.15, -0.1) is 0 Å². The van der Waals surface area contributed by atoms with Crippen LogP contribution in [0.4, 0.5) is 10.1 Å². The molecule has 0 aromatic heterocycles. The molecule has 3 nitrogen and oxygen atoms in total. The van der Waals surface area contributed by atoms with Crippen molar-refractivity contribution in [2.75, 3.05) is 11.9 Å². The van der Waals surface area contributed by atoms with E-state index in [9.17, 15) is 9.18 Å². The summed E-state index contributed by atoms with van der Waals surface area (Å²) in [6.07, 6.45) is 3.65. The van der Waals surface area contributed by atoms with Crippen LogP contribution < -0.4 is 5.32 Å². The highest BCUT2D eigenvalue weighted by Gasteiger charge is 2.28. The number of hydrogen-bond acceptors (Lipinski definition) is 3. The number of carbonyl (C=O) groups excluding carboxylic acids is 1. The SMILES string of the molecule is CCOC(=O)C1CCCC(Nc2cc(C)cc(F)c2)C1. The van der Waals surface area contributed by atoms with E-state index in [1.54, 1.807) is 0 Å². The second-order valence-electron chi connectivity index (χ2n) is 5.47. The minimum absolute atomic E-state index is 0.0316. The minimum Gasteiger partial charge on any atom is -0.466 e. The van der Waals surface area contributed by atoms with Crippen LogP contribution in [0.25, 0.3) is 0 Å². The molecule has 1 aliphatic carbocycles. The Hall–Kier alpha value is -1.58. The number of aryl methyl sites for hydroxylation is 1. The van der Waals surface area contributed by atoms with Crippen LogP contribution in [0.15, 0.2) is 18.2 Å². The van der Waals surface area contributed by atoms with Crippen LogP contribution in [-0.4, -0.2) is 18.6 Å². The molecule has 1 fully saturated rings. The molecule has 2 unspecified atom stereocenters. The van der Waals surface area contributed by atoms with Crippen molar-refractivity contribution in [2.45, 2.75) is 45.6 Å². The fraction of sp³-hybridized carbons (Fsp3) is 0.562. The molecule has 1 aliphatic rings. The van der Waals surface area contributed by atoms with Crippen LogP contribution >= 0.6 is 0 Å². The predicted molar refractivity (Wildman–Crippen MR) is 77.1 cm³/mol. The summed E-state index contributed by atoms with van der Waals surface area (Å²) < 4.78 is 18.5. The van der Waals surface area contributed by atoms with Gasteiger partial charge in [0.25, 0.3) is 0 Å². The van der Waals surface area contributed by atoms with Crippen LogP contribution in [-0.2, 0) is 9.53 Å². The predicted octanol–water partition coefficient (Wildman–Crippen LogP) is 3.67. The number of hydrogen-bond donors (Lipinski definition) is 1. The number of rotatable bonds is 4. The maximum atomic E-state index is 13.4. The molecule has 2 rings (SSSR count). The number of halogens is 1.